The van der Waals surface area contributed by atoms with Gasteiger partial charge in [0.15, 0.2) is 0 Å². The summed E-state index contributed by atoms with van der Waals surface area (Å²) in [6.07, 6.45) is 0. The summed E-state index contributed by atoms with van der Waals surface area (Å²) in [6.45, 7) is 0. The minimum absolute atomic E-state index is 0. The molecular formula is C14H15N2Na. The molecule has 0 aliphatic carbocycles. The number of hydrogen-bond donors (Lipinski definition) is 2. The maximum absolute atomic E-state index is 5.76. The Balaban J connectivity index is 0.00000144. The summed E-state index contributed by atoms with van der Waals surface area (Å²) < 4.78 is 0. The van der Waals surface area contributed by atoms with Gasteiger partial charge in [0.25, 0.3) is 0 Å². The minimum atomic E-state index is 0. The van der Waals surface area contributed by atoms with Gasteiger partial charge in [0, 0.05) is 5.57 Å². The van der Waals surface area contributed by atoms with Crippen molar-refractivity contribution in [3.8, 4) is 0 Å². The van der Waals surface area contributed by atoms with E-state index in [9.17, 15) is 0 Å². The third-order valence-corrected chi connectivity index (χ3v) is 2.41. The van der Waals surface area contributed by atoms with Crippen LogP contribution in [-0.2, 0) is 0 Å². The Morgan fingerprint density at radius 1 is 0.647 bits per heavy atom. The molecule has 3 heteroatoms. The first kappa shape index (κ1) is 13.8. The number of rotatable bonds is 2. The Bertz CT molecular complexity index is 447. The van der Waals surface area contributed by atoms with Crippen molar-refractivity contribution in [3.05, 3.63) is 77.6 Å². The average molecular weight is 234 g/mol. The van der Waals surface area contributed by atoms with E-state index in [0.29, 0.717) is 5.82 Å². The van der Waals surface area contributed by atoms with Crippen LogP contribution in [0.3, 0.4) is 0 Å². The van der Waals surface area contributed by atoms with E-state index in [4.69, 9.17) is 11.5 Å². The SMILES string of the molecule is NC(N)=C(c1ccccc1)c1ccccc1.[NaH]. The molecule has 0 unspecified atom stereocenters. The van der Waals surface area contributed by atoms with Crippen molar-refractivity contribution in [1.29, 1.82) is 0 Å². The molecule has 2 aromatic rings. The fourth-order valence-corrected chi connectivity index (χ4v) is 1.71. The topological polar surface area (TPSA) is 52.0 Å². The summed E-state index contributed by atoms with van der Waals surface area (Å²) in [6, 6.07) is 19.8. The van der Waals surface area contributed by atoms with Crippen molar-refractivity contribution in [2.45, 2.75) is 0 Å². The second-order valence-electron chi connectivity index (χ2n) is 3.56. The van der Waals surface area contributed by atoms with E-state index in [1.165, 1.54) is 0 Å². The zero-order chi connectivity index (χ0) is 11.4. The molecule has 0 bridgehead atoms. The van der Waals surface area contributed by atoms with Gasteiger partial charge in [-0.05, 0) is 11.1 Å². The Kier molecular flexibility index (Phi) is 5.29. The predicted octanol–water partition coefficient (Wildman–Crippen LogP) is 1.67. The van der Waals surface area contributed by atoms with E-state index in [0.717, 1.165) is 16.7 Å². The zero-order valence-electron chi connectivity index (χ0n) is 8.93. The van der Waals surface area contributed by atoms with Crippen LogP contribution < -0.4 is 11.5 Å². The van der Waals surface area contributed by atoms with Crippen LogP contribution in [0, 0.1) is 0 Å². The van der Waals surface area contributed by atoms with Crippen molar-refractivity contribution in [1.82, 2.24) is 0 Å². The zero-order valence-corrected chi connectivity index (χ0v) is 8.93. The van der Waals surface area contributed by atoms with Gasteiger partial charge in [-0.3, -0.25) is 0 Å². The van der Waals surface area contributed by atoms with Crippen LogP contribution in [0.5, 0.6) is 0 Å². The van der Waals surface area contributed by atoms with Crippen LogP contribution in [0.4, 0.5) is 0 Å². The second kappa shape index (κ2) is 6.50. The molecule has 0 fully saturated rings. The van der Waals surface area contributed by atoms with Gasteiger partial charge in [0.2, 0.25) is 0 Å². The van der Waals surface area contributed by atoms with Crippen molar-refractivity contribution in [3.63, 3.8) is 0 Å². The van der Waals surface area contributed by atoms with Gasteiger partial charge in [-0.1, -0.05) is 60.7 Å². The van der Waals surface area contributed by atoms with E-state index >= 15 is 0 Å². The summed E-state index contributed by atoms with van der Waals surface area (Å²) in [4.78, 5) is 0. The van der Waals surface area contributed by atoms with Crippen LogP contribution in [0.1, 0.15) is 11.1 Å². The summed E-state index contributed by atoms with van der Waals surface area (Å²) in [5, 5.41) is 0. The fourth-order valence-electron chi connectivity index (χ4n) is 1.71. The van der Waals surface area contributed by atoms with E-state index in [2.05, 4.69) is 0 Å². The molecule has 0 amide bonds. The summed E-state index contributed by atoms with van der Waals surface area (Å²) >= 11 is 0. The van der Waals surface area contributed by atoms with E-state index in [-0.39, 0.29) is 29.6 Å². The van der Waals surface area contributed by atoms with Crippen LogP contribution in [0.15, 0.2) is 66.5 Å². The Labute approximate surface area is 124 Å². The summed E-state index contributed by atoms with van der Waals surface area (Å²) in [5.41, 5.74) is 14.5. The fraction of sp³-hybridized carbons (Fsp3) is 0. The standard InChI is InChI=1S/C14H14N2.Na.H/c15-14(16)13(11-7-3-1-4-8-11)12-9-5-2-6-10-12;;/h1-10H,15-16H2;;. The van der Waals surface area contributed by atoms with Gasteiger partial charge in [0.05, 0.1) is 0 Å². The van der Waals surface area contributed by atoms with Crippen molar-refractivity contribution in [2.75, 3.05) is 0 Å². The maximum atomic E-state index is 5.76. The molecule has 0 aromatic heterocycles. The molecule has 0 saturated heterocycles. The van der Waals surface area contributed by atoms with E-state index in [1.807, 2.05) is 60.7 Å². The first-order chi connectivity index (χ1) is 7.79. The van der Waals surface area contributed by atoms with Crippen molar-refractivity contribution >= 4 is 35.1 Å². The van der Waals surface area contributed by atoms with Crippen LogP contribution in [0.2, 0.25) is 0 Å². The van der Waals surface area contributed by atoms with Crippen molar-refractivity contribution in [2.24, 2.45) is 11.5 Å². The Morgan fingerprint density at radius 3 is 1.29 bits per heavy atom. The van der Waals surface area contributed by atoms with Crippen LogP contribution in [-0.4, -0.2) is 29.6 Å². The van der Waals surface area contributed by atoms with Gasteiger partial charge >= 0.3 is 29.6 Å². The molecule has 2 aromatic carbocycles. The summed E-state index contributed by atoms with van der Waals surface area (Å²) in [7, 11) is 0. The predicted molar refractivity (Wildman–Crippen MR) is 74.4 cm³/mol. The third kappa shape index (κ3) is 3.37. The molecule has 0 spiro atoms. The van der Waals surface area contributed by atoms with E-state index in [1.54, 1.807) is 0 Å². The molecule has 82 valence electrons. The van der Waals surface area contributed by atoms with Gasteiger partial charge in [-0.2, -0.15) is 0 Å². The quantitative estimate of drug-likeness (QED) is 0.777. The molecule has 17 heavy (non-hydrogen) atoms. The van der Waals surface area contributed by atoms with Gasteiger partial charge in [0.1, 0.15) is 5.82 Å². The molecule has 4 N–H and O–H groups in total. The van der Waals surface area contributed by atoms with Crippen LogP contribution >= 0.6 is 0 Å². The molecular weight excluding hydrogens is 219 g/mol. The van der Waals surface area contributed by atoms with Crippen LogP contribution in [0.25, 0.3) is 5.57 Å². The second-order valence-corrected chi connectivity index (χ2v) is 3.56. The average Bonchev–Trinajstić information content (AvgIpc) is 2.31. The van der Waals surface area contributed by atoms with E-state index < -0.39 is 0 Å². The molecule has 0 aliphatic heterocycles. The molecule has 2 rings (SSSR count). The third-order valence-electron chi connectivity index (χ3n) is 2.41. The monoisotopic (exact) mass is 234 g/mol. The molecule has 0 saturated carbocycles. The normalized spacial score (nSPS) is 9.18. The van der Waals surface area contributed by atoms with Gasteiger partial charge in [-0.15, -0.1) is 0 Å². The van der Waals surface area contributed by atoms with Gasteiger partial charge in [-0.25, -0.2) is 0 Å². The molecule has 2 nitrogen and oxygen atoms in total. The summed E-state index contributed by atoms with van der Waals surface area (Å²) in [5.74, 6) is 0.345. The molecule has 0 atom stereocenters. The molecule has 0 aliphatic rings. The molecule has 0 heterocycles. The van der Waals surface area contributed by atoms with Gasteiger partial charge < -0.3 is 11.5 Å². The Morgan fingerprint density at radius 2 is 1.00 bits per heavy atom. The Hall–Kier alpha value is -1.22. The number of hydrogen-bond acceptors (Lipinski definition) is 2. The number of benzene rings is 2. The number of nitrogens with two attached hydrogens (primary N) is 2. The first-order valence-corrected chi connectivity index (χ1v) is 5.15. The van der Waals surface area contributed by atoms with Crippen molar-refractivity contribution < 1.29 is 0 Å². The first-order valence-electron chi connectivity index (χ1n) is 5.15. The molecule has 0 radical (unpaired) electrons.